The second-order valence-corrected chi connectivity index (χ2v) is 9.59. The molecule has 0 N–H and O–H groups in total. The largest absolute Gasteiger partial charge is 0.496 e. The summed E-state index contributed by atoms with van der Waals surface area (Å²) in [5.74, 6) is 2.18. The molecule has 4 aromatic rings. The first-order chi connectivity index (χ1) is 16.4. The standard InChI is InChI=1S/C27H24N4O3/c1-27(2)13-18(32)22-20(14-27)34-26-23(21(22)16-9-5-4-6-10-16)25-29-24(30-31(25)15-28-26)17-11-7-8-12-19(17)33-3/h4-12,15,21H,13-14H2,1-3H3/t21-/m0/s1. The molecule has 7 nitrogen and oxygen atoms in total. The van der Waals surface area contributed by atoms with Crippen LogP contribution in [0.25, 0.3) is 17.0 Å². The van der Waals surface area contributed by atoms with Crippen molar-refractivity contribution in [1.29, 1.82) is 0 Å². The third-order valence-electron chi connectivity index (χ3n) is 6.54. The Morgan fingerprint density at radius 3 is 2.62 bits per heavy atom. The Bertz CT molecular complexity index is 1470. The number of carbonyl (C=O) groups is 1. The van der Waals surface area contributed by atoms with Crippen LogP contribution in [0, 0.1) is 5.41 Å². The molecule has 1 aliphatic heterocycles. The Labute approximate surface area is 197 Å². The van der Waals surface area contributed by atoms with E-state index in [0.29, 0.717) is 47.3 Å². The van der Waals surface area contributed by atoms with Crippen molar-refractivity contribution in [3.8, 4) is 23.0 Å². The van der Waals surface area contributed by atoms with E-state index in [0.717, 1.165) is 16.7 Å². The molecule has 0 saturated heterocycles. The molecule has 0 fully saturated rings. The molecule has 0 spiro atoms. The lowest BCUT2D eigenvalue weighted by Gasteiger charge is -2.37. The van der Waals surface area contributed by atoms with Gasteiger partial charge in [-0.25, -0.2) is 14.5 Å². The lowest BCUT2D eigenvalue weighted by Crippen LogP contribution is -2.33. The lowest BCUT2D eigenvalue weighted by atomic mass is 9.70. The summed E-state index contributed by atoms with van der Waals surface area (Å²) in [6.07, 6.45) is 2.77. The fourth-order valence-electron chi connectivity index (χ4n) is 5.07. The van der Waals surface area contributed by atoms with Crippen LogP contribution in [0.3, 0.4) is 0 Å². The van der Waals surface area contributed by atoms with Gasteiger partial charge in [-0.3, -0.25) is 4.79 Å². The molecule has 0 unspecified atom stereocenters. The number of benzene rings is 2. The Kier molecular flexibility index (Phi) is 4.55. The zero-order valence-electron chi connectivity index (χ0n) is 19.3. The number of fused-ring (bicyclic) bond motifs is 3. The second-order valence-electron chi connectivity index (χ2n) is 9.59. The van der Waals surface area contributed by atoms with E-state index in [2.05, 4.69) is 23.9 Å². The summed E-state index contributed by atoms with van der Waals surface area (Å²) < 4.78 is 13.5. The number of aromatic nitrogens is 4. The quantitative estimate of drug-likeness (QED) is 0.437. The average molecular weight is 453 g/mol. The molecule has 7 heteroatoms. The summed E-state index contributed by atoms with van der Waals surface area (Å²) in [5, 5.41) is 4.68. The van der Waals surface area contributed by atoms with Crippen LogP contribution in [0.2, 0.25) is 0 Å². The zero-order valence-corrected chi connectivity index (χ0v) is 19.3. The van der Waals surface area contributed by atoms with Crippen LogP contribution in [-0.2, 0) is 4.79 Å². The van der Waals surface area contributed by atoms with E-state index in [1.165, 1.54) is 0 Å². The van der Waals surface area contributed by atoms with Crippen molar-refractivity contribution in [2.45, 2.75) is 32.6 Å². The van der Waals surface area contributed by atoms with Gasteiger partial charge in [-0.15, -0.1) is 5.10 Å². The number of allylic oxidation sites excluding steroid dienone is 2. The highest BCUT2D eigenvalue weighted by atomic mass is 16.5. The van der Waals surface area contributed by atoms with E-state index in [1.54, 1.807) is 18.0 Å². The van der Waals surface area contributed by atoms with E-state index < -0.39 is 0 Å². The van der Waals surface area contributed by atoms with Crippen molar-refractivity contribution < 1.29 is 14.3 Å². The number of rotatable bonds is 3. The van der Waals surface area contributed by atoms with Crippen LogP contribution < -0.4 is 9.47 Å². The third-order valence-corrected chi connectivity index (χ3v) is 6.54. The van der Waals surface area contributed by atoms with Crippen molar-refractivity contribution in [3.63, 3.8) is 0 Å². The molecule has 2 aromatic carbocycles. The summed E-state index contributed by atoms with van der Waals surface area (Å²) in [7, 11) is 1.63. The Morgan fingerprint density at radius 1 is 1.06 bits per heavy atom. The number of ether oxygens (including phenoxy) is 2. The molecule has 3 heterocycles. The minimum atomic E-state index is -0.325. The van der Waals surface area contributed by atoms with Crippen LogP contribution in [0.15, 0.2) is 72.3 Å². The van der Waals surface area contributed by atoms with Crippen LogP contribution in [0.5, 0.6) is 11.6 Å². The molecular weight excluding hydrogens is 428 g/mol. The van der Waals surface area contributed by atoms with Gasteiger partial charge in [0.05, 0.1) is 18.2 Å². The zero-order chi connectivity index (χ0) is 23.4. The van der Waals surface area contributed by atoms with Crippen LogP contribution >= 0.6 is 0 Å². The second kappa shape index (κ2) is 7.52. The third kappa shape index (κ3) is 3.19. The highest BCUT2D eigenvalue weighted by Gasteiger charge is 2.43. The fraction of sp³-hybridized carbons (Fsp3) is 0.259. The van der Waals surface area contributed by atoms with Gasteiger partial charge in [0, 0.05) is 24.3 Å². The molecule has 2 aliphatic rings. The van der Waals surface area contributed by atoms with Crippen LogP contribution in [-0.4, -0.2) is 32.5 Å². The van der Waals surface area contributed by atoms with Crippen molar-refractivity contribution in [2.75, 3.05) is 7.11 Å². The number of Topliss-reactive ketones (excluding diaryl/α,β-unsaturated/α-hetero) is 1. The van der Waals surface area contributed by atoms with Gasteiger partial charge in [-0.1, -0.05) is 56.3 Å². The summed E-state index contributed by atoms with van der Waals surface area (Å²) in [6.45, 7) is 4.19. The molecule has 0 saturated carbocycles. The number of para-hydroxylation sites is 1. The normalized spacial score (nSPS) is 18.9. The smallest absolute Gasteiger partial charge is 0.228 e. The van der Waals surface area contributed by atoms with Gasteiger partial charge < -0.3 is 9.47 Å². The summed E-state index contributed by atoms with van der Waals surface area (Å²) in [6, 6.07) is 17.7. The SMILES string of the molecule is COc1ccccc1-c1nc2c3c(ncn2n1)OC1=C(C(=O)CC(C)(C)C1)[C@@H]3c1ccccc1. The maximum atomic E-state index is 13.5. The predicted octanol–water partition coefficient (Wildman–Crippen LogP) is 4.97. The number of ketones is 1. The summed E-state index contributed by atoms with van der Waals surface area (Å²) >= 11 is 0. The first-order valence-electron chi connectivity index (χ1n) is 11.3. The molecule has 1 atom stereocenters. The number of carbonyl (C=O) groups excluding carboxylic acids is 1. The van der Waals surface area contributed by atoms with Gasteiger partial charge in [0.1, 0.15) is 17.8 Å². The van der Waals surface area contributed by atoms with E-state index in [-0.39, 0.29) is 17.1 Å². The molecule has 34 heavy (non-hydrogen) atoms. The summed E-state index contributed by atoms with van der Waals surface area (Å²) in [5.41, 5.74) is 3.70. The van der Waals surface area contributed by atoms with Gasteiger partial charge in [0.15, 0.2) is 17.3 Å². The lowest BCUT2D eigenvalue weighted by molar-refractivity contribution is -0.118. The monoisotopic (exact) mass is 452 g/mol. The van der Waals surface area contributed by atoms with Crippen molar-refractivity contribution in [2.24, 2.45) is 5.41 Å². The highest BCUT2D eigenvalue weighted by Crippen LogP contribution is 2.50. The number of hydrogen-bond acceptors (Lipinski definition) is 6. The van der Waals surface area contributed by atoms with Crippen molar-refractivity contribution >= 4 is 11.4 Å². The molecule has 2 aromatic heterocycles. The topological polar surface area (TPSA) is 78.6 Å². The van der Waals surface area contributed by atoms with Gasteiger partial charge in [-0.05, 0) is 23.1 Å². The van der Waals surface area contributed by atoms with Crippen molar-refractivity contribution in [3.05, 3.63) is 83.4 Å². The van der Waals surface area contributed by atoms with Gasteiger partial charge >= 0.3 is 0 Å². The molecule has 6 rings (SSSR count). The minimum absolute atomic E-state index is 0.109. The average Bonchev–Trinajstić information content (AvgIpc) is 3.27. The Balaban J connectivity index is 1.60. The number of nitrogens with zero attached hydrogens (tertiary/aromatic N) is 4. The first-order valence-corrected chi connectivity index (χ1v) is 11.3. The first kappa shape index (κ1) is 20.6. The highest BCUT2D eigenvalue weighted by molar-refractivity contribution is 6.00. The minimum Gasteiger partial charge on any atom is -0.496 e. The molecule has 0 bridgehead atoms. The summed E-state index contributed by atoms with van der Waals surface area (Å²) in [4.78, 5) is 23.0. The Hall–Kier alpha value is -4.00. The van der Waals surface area contributed by atoms with Crippen LogP contribution in [0.1, 0.15) is 43.7 Å². The van der Waals surface area contributed by atoms with E-state index in [4.69, 9.17) is 14.5 Å². The molecule has 0 amide bonds. The Morgan fingerprint density at radius 2 is 1.82 bits per heavy atom. The molecule has 170 valence electrons. The number of methoxy groups -OCH3 is 1. The maximum Gasteiger partial charge on any atom is 0.228 e. The molecule has 1 aliphatic carbocycles. The molecule has 0 radical (unpaired) electrons. The van der Waals surface area contributed by atoms with Crippen LogP contribution in [0.4, 0.5) is 0 Å². The number of hydrogen-bond donors (Lipinski definition) is 0. The van der Waals surface area contributed by atoms with E-state index in [9.17, 15) is 4.79 Å². The van der Waals surface area contributed by atoms with Gasteiger partial charge in [0.25, 0.3) is 0 Å². The van der Waals surface area contributed by atoms with Gasteiger partial charge in [0.2, 0.25) is 5.88 Å². The predicted molar refractivity (Wildman–Crippen MR) is 127 cm³/mol. The fourth-order valence-corrected chi connectivity index (χ4v) is 5.07. The van der Waals surface area contributed by atoms with E-state index in [1.807, 2.05) is 54.6 Å². The maximum absolute atomic E-state index is 13.5. The van der Waals surface area contributed by atoms with Gasteiger partial charge in [-0.2, -0.15) is 0 Å². The van der Waals surface area contributed by atoms with E-state index >= 15 is 0 Å². The van der Waals surface area contributed by atoms with Crippen molar-refractivity contribution in [1.82, 2.24) is 19.6 Å². The molecular formula is C27H24N4O3.